The van der Waals surface area contributed by atoms with Gasteiger partial charge in [0.15, 0.2) is 10.4 Å². The van der Waals surface area contributed by atoms with Crippen LogP contribution in [0.25, 0.3) is 0 Å². The van der Waals surface area contributed by atoms with E-state index in [0.717, 1.165) is 0 Å². The van der Waals surface area contributed by atoms with Gasteiger partial charge in [-0.05, 0) is 40.2 Å². The Labute approximate surface area is 136 Å². The quantitative estimate of drug-likeness (QED) is 0.821. The summed E-state index contributed by atoms with van der Waals surface area (Å²) >= 11 is 3.20. The molecule has 7 heteroatoms. The summed E-state index contributed by atoms with van der Waals surface area (Å²) in [5.41, 5.74) is 0.553. The summed E-state index contributed by atoms with van der Waals surface area (Å²) in [5.74, 6) is 0.889. The number of rotatable bonds is 2. The lowest BCUT2D eigenvalue weighted by Gasteiger charge is -2.35. The Kier molecular flexibility index (Phi) is 4.11. The molecule has 0 saturated carbocycles. The number of hydrogen-bond acceptors (Lipinski definition) is 5. The lowest BCUT2D eigenvalue weighted by atomic mass is 10.2. The molecule has 22 heavy (non-hydrogen) atoms. The van der Waals surface area contributed by atoms with Crippen LogP contribution < -0.4 is 4.90 Å². The molecule has 2 aromatic rings. The number of piperazine rings is 1. The van der Waals surface area contributed by atoms with E-state index in [-0.39, 0.29) is 5.91 Å². The Bertz CT molecular complexity index is 729. The van der Waals surface area contributed by atoms with E-state index in [2.05, 4.69) is 27.0 Å². The predicted molar refractivity (Wildman–Crippen MR) is 83.5 cm³/mol. The monoisotopic (exact) mass is 360 g/mol. The van der Waals surface area contributed by atoms with Gasteiger partial charge in [0.1, 0.15) is 11.9 Å². The number of anilines is 1. The van der Waals surface area contributed by atoms with Crippen molar-refractivity contribution in [2.75, 3.05) is 31.1 Å². The van der Waals surface area contributed by atoms with E-state index in [0.29, 0.717) is 48.0 Å². The molecule has 0 radical (unpaired) electrons. The molecule has 1 saturated heterocycles. The Morgan fingerprint density at radius 3 is 2.68 bits per heavy atom. The van der Waals surface area contributed by atoms with E-state index in [1.54, 1.807) is 35.4 Å². The van der Waals surface area contributed by atoms with Crippen molar-refractivity contribution in [2.45, 2.75) is 0 Å². The minimum absolute atomic E-state index is 0.119. The van der Waals surface area contributed by atoms with Crippen LogP contribution in [0.5, 0.6) is 0 Å². The normalized spacial score (nSPS) is 14.7. The van der Waals surface area contributed by atoms with E-state index >= 15 is 0 Å². The van der Waals surface area contributed by atoms with Gasteiger partial charge >= 0.3 is 0 Å². The van der Waals surface area contributed by atoms with E-state index in [4.69, 9.17) is 9.68 Å². The number of halogens is 1. The van der Waals surface area contributed by atoms with Crippen LogP contribution in [0.2, 0.25) is 0 Å². The van der Waals surface area contributed by atoms with Crippen LogP contribution in [0.1, 0.15) is 16.1 Å². The van der Waals surface area contributed by atoms with E-state index in [1.807, 2.05) is 4.90 Å². The van der Waals surface area contributed by atoms with Crippen LogP contribution in [0.15, 0.2) is 39.5 Å². The summed E-state index contributed by atoms with van der Waals surface area (Å²) in [6.07, 6.45) is 1.67. The summed E-state index contributed by atoms with van der Waals surface area (Å²) in [6, 6.07) is 9.01. The maximum atomic E-state index is 12.3. The number of nitrogens with zero attached hydrogens (tertiary/aromatic N) is 4. The summed E-state index contributed by atoms with van der Waals surface area (Å²) in [6.45, 7) is 2.41. The molecule has 1 amide bonds. The number of carbonyl (C=O) groups excluding carboxylic acids is 1. The lowest BCUT2D eigenvalue weighted by molar-refractivity contribution is 0.0713. The predicted octanol–water partition coefficient (Wildman–Crippen LogP) is 2.27. The van der Waals surface area contributed by atoms with Crippen molar-refractivity contribution < 1.29 is 9.21 Å². The molecule has 0 N–H and O–H groups in total. The number of aromatic nitrogens is 1. The first-order chi connectivity index (χ1) is 10.7. The van der Waals surface area contributed by atoms with Gasteiger partial charge in [0.25, 0.3) is 5.91 Å². The molecule has 1 aliphatic rings. The van der Waals surface area contributed by atoms with Crippen molar-refractivity contribution in [1.29, 1.82) is 5.26 Å². The van der Waals surface area contributed by atoms with Gasteiger partial charge in [-0.15, -0.1) is 0 Å². The first-order valence-corrected chi connectivity index (χ1v) is 7.63. The third-order valence-electron chi connectivity index (χ3n) is 3.56. The molecule has 0 bridgehead atoms. The number of furan rings is 1. The molecule has 3 heterocycles. The minimum Gasteiger partial charge on any atom is -0.444 e. The van der Waals surface area contributed by atoms with E-state index in [1.165, 1.54) is 0 Å². The molecule has 0 aromatic carbocycles. The highest BCUT2D eigenvalue weighted by molar-refractivity contribution is 9.10. The third kappa shape index (κ3) is 2.83. The molecule has 0 spiro atoms. The number of nitriles is 1. The summed E-state index contributed by atoms with van der Waals surface area (Å²) in [4.78, 5) is 20.4. The van der Waals surface area contributed by atoms with Crippen molar-refractivity contribution >= 4 is 27.7 Å². The van der Waals surface area contributed by atoms with Crippen LogP contribution in [0, 0.1) is 11.3 Å². The van der Waals surface area contributed by atoms with Gasteiger partial charge in [0.2, 0.25) is 0 Å². The molecule has 3 rings (SSSR count). The zero-order valence-electron chi connectivity index (χ0n) is 11.7. The molecule has 112 valence electrons. The largest absolute Gasteiger partial charge is 0.444 e. The van der Waals surface area contributed by atoms with Crippen molar-refractivity contribution in [1.82, 2.24) is 9.88 Å². The first-order valence-electron chi connectivity index (χ1n) is 6.83. The van der Waals surface area contributed by atoms with Crippen LogP contribution in [-0.4, -0.2) is 42.0 Å². The molecule has 0 atom stereocenters. The molecular weight excluding hydrogens is 348 g/mol. The van der Waals surface area contributed by atoms with Crippen molar-refractivity contribution in [3.05, 3.63) is 46.5 Å². The smallest absolute Gasteiger partial charge is 0.289 e. The van der Waals surface area contributed by atoms with Crippen LogP contribution >= 0.6 is 15.9 Å². The molecular formula is C15H13BrN4O2. The summed E-state index contributed by atoms with van der Waals surface area (Å²) < 4.78 is 5.85. The fraction of sp³-hybridized carbons (Fsp3) is 0.267. The van der Waals surface area contributed by atoms with Crippen LogP contribution in [0.3, 0.4) is 0 Å². The first kappa shape index (κ1) is 14.6. The second-order valence-corrected chi connectivity index (χ2v) is 5.65. The standard InChI is InChI=1S/C15H13BrN4O2/c16-13-4-3-12(22-13)15(21)20-8-6-19(7-9-20)14-11(10-17)2-1-5-18-14/h1-5H,6-9H2. The van der Waals surface area contributed by atoms with E-state index < -0.39 is 0 Å². The van der Waals surface area contributed by atoms with Gasteiger partial charge in [-0.1, -0.05) is 0 Å². The van der Waals surface area contributed by atoms with Crippen molar-refractivity contribution in [3.8, 4) is 6.07 Å². The second kappa shape index (κ2) is 6.20. The summed E-state index contributed by atoms with van der Waals surface area (Å²) in [7, 11) is 0. The Morgan fingerprint density at radius 2 is 2.05 bits per heavy atom. The van der Waals surface area contributed by atoms with Gasteiger partial charge in [-0.3, -0.25) is 4.79 Å². The highest BCUT2D eigenvalue weighted by Crippen LogP contribution is 2.20. The Morgan fingerprint density at radius 1 is 1.27 bits per heavy atom. The zero-order chi connectivity index (χ0) is 15.5. The minimum atomic E-state index is -0.119. The van der Waals surface area contributed by atoms with Gasteiger partial charge in [-0.25, -0.2) is 4.98 Å². The fourth-order valence-electron chi connectivity index (χ4n) is 2.44. The van der Waals surface area contributed by atoms with E-state index in [9.17, 15) is 4.79 Å². The second-order valence-electron chi connectivity index (χ2n) is 4.87. The average molecular weight is 361 g/mol. The molecule has 1 fully saturated rings. The fourth-order valence-corrected chi connectivity index (χ4v) is 2.75. The molecule has 6 nitrogen and oxygen atoms in total. The Balaban J connectivity index is 1.68. The molecule has 2 aromatic heterocycles. The zero-order valence-corrected chi connectivity index (χ0v) is 13.3. The van der Waals surface area contributed by atoms with Crippen LogP contribution in [-0.2, 0) is 0 Å². The topological polar surface area (TPSA) is 73.4 Å². The van der Waals surface area contributed by atoms with Crippen molar-refractivity contribution in [3.63, 3.8) is 0 Å². The SMILES string of the molecule is N#Cc1cccnc1N1CCN(C(=O)c2ccc(Br)o2)CC1. The number of amides is 1. The van der Waals surface area contributed by atoms with Gasteiger partial charge in [0, 0.05) is 32.4 Å². The number of carbonyl (C=O) groups is 1. The van der Waals surface area contributed by atoms with Crippen molar-refractivity contribution in [2.24, 2.45) is 0 Å². The third-order valence-corrected chi connectivity index (χ3v) is 3.98. The highest BCUT2D eigenvalue weighted by Gasteiger charge is 2.25. The highest BCUT2D eigenvalue weighted by atomic mass is 79.9. The average Bonchev–Trinajstić information content (AvgIpc) is 3.01. The summed E-state index contributed by atoms with van der Waals surface area (Å²) in [5, 5.41) is 9.14. The van der Waals surface area contributed by atoms with Gasteiger partial charge in [-0.2, -0.15) is 5.26 Å². The maximum absolute atomic E-state index is 12.3. The number of pyridine rings is 1. The maximum Gasteiger partial charge on any atom is 0.289 e. The molecule has 0 aliphatic carbocycles. The lowest BCUT2D eigenvalue weighted by Crippen LogP contribution is -2.49. The molecule has 0 unspecified atom stereocenters. The number of hydrogen-bond donors (Lipinski definition) is 0. The Hall–Kier alpha value is -2.33. The van der Waals surface area contributed by atoms with Gasteiger partial charge < -0.3 is 14.2 Å². The van der Waals surface area contributed by atoms with Gasteiger partial charge in [0.05, 0.1) is 5.56 Å². The van der Waals surface area contributed by atoms with Crippen LogP contribution in [0.4, 0.5) is 5.82 Å². The molecule has 1 aliphatic heterocycles.